The van der Waals surface area contributed by atoms with Gasteiger partial charge >= 0.3 is 21.7 Å². The van der Waals surface area contributed by atoms with E-state index >= 15 is 0 Å². The first-order chi connectivity index (χ1) is 25.7. The quantitative estimate of drug-likeness (QED) is 0.0678. The van der Waals surface area contributed by atoms with Crippen LogP contribution in [-0.2, 0) is 39.4 Å². The van der Waals surface area contributed by atoms with Gasteiger partial charge in [0.05, 0.1) is 0 Å². The average molecular weight is 767 g/mol. The van der Waals surface area contributed by atoms with E-state index in [1.165, 1.54) is 12.2 Å². The minimum absolute atomic E-state index is 0. The summed E-state index contributed by atoms with van der Waals surface area (Å²) in [5.74, 6) is -1.29. The molecule has 6 aromatic carbocycles. The number of hydrogen-bond donors (Lipinski definition) is 0. The van der Waals surface area contributed by atoms with Crippen LogP contribution in [0.3, 0.4) is 0 Å². The van der Waals surface area contributed by atoms with Gasteiger partial charge in [0, 0.05) is 12.0 Å². The van der Waals surface area contributed by atoms with Gasteiger partial charge in [-0.1, -0.05) is 166 Å². The summed E-state index contributed by atoms with van der Waals surface area (Å²) in [6.07, 6.45) is 1.52. The van der Waals surface area contributed by atoms with Gasteiger partial charge in [0.1, 0.15) is 0 Å². The molecule has 0 fully saturated rings. The van der Waals surface area contributed by atoms with Crippen LogP contribution in [0.15, 0.2) is 139 Å². The van der Waals surface area contributed by atoms with Crippen LogP contribution in [0.2, 0.25) is 0 Å². The van der Waals surface area contributed by atoms with E-state index in [9.17, 15) is 30.0 Å². The SMILES string of the molecule is CC(C)[O-].CC(C)[O-].Cc1ccc(C(=O)/C=C(\[O-])Cc2ccc3ccccc3c2-c2c(CC(=O)/C=C(\[O-])c3ccc(C)cc3)ccc3ccccc23)cc1.[Ti+4]. The zero-order chi connectivity index (χ0) is 39.4. The summed E-state index contributed by atoms with van der Waals surface area (Å²) in [6.45, 7) is 10.3. The van der Waals surface area contributed by atoms with Gasteiger partial charge in [-0.05, 0) is 81.8 Å². The first kappa shape index (κ1) is 44.3. The minimum Gasteiger partial charge on any atom is -0.875 e. The standard InChI is InChI=1S/C42H34O4.2C3H7O.Ti/c1-27-11-15-31(16-12-27)39(45)25-35(43)23-33-21-19-29-7-3-5-9-37(29)41(33)42-34(22-20-30-8-4-6-10-38(30)42)24-36(44)26-40(46)32-17-13-28(2)14-18-32;2*1-3(2)4;/h3-22,25-26,43,46H,23-24H2,1-2H3;2*3H,1-2H3;/q;2*-1;+4/p-2/b35-25-,40-26-;;;. The van der Waals surface area contributed by atoms with Crippen molar-refractivity contribution in [1.82, 2.24) is 0 Å². The fourth-order valence-corrected chi connectivity index (χ4v) is 5.89. The number of carbonyl (C=O) groups excluding carboxylic acids is 2. The molecule has 0 radical (unpaired) electrons. The predicted octanol–water partition coefficient (Wildman–Crippen LogP) is 6.97. The molecular formula is C48H46O6Ti. The third-order valence-corrected chi connectivity index (χ3v) is 8.27. The van der Waals surface area contributed by atoms with Gasteiger partial charge in [-0.25, -0.2) is 0 Å². The molecule has 0 aliphatic rings. The summed E-state index contributed by atoms with van der Waals surface area (Å²) in [6, 6.07) is 38.0. The summed E-state index contributed by atoms with van der Waals surface area (Å²) >= 11 is 0. The molecule has 278 valence electrons. The second kappa shape index (κ2) is 21.1. The summed E-state index contributed by atoms with van der Waals surface area (Å²) < 4.78 is 0. The van der Waals surface area contributed by atoms with Crippen LogP contribution in [0.5, 0.6) is 0 Å². The molecule has 6 nitrogen and oxygen atoms in total. The molecule has 0 N–H and O–H groups in total. The van der Waals surface area contributed by atoms with E-state index in [0.717, 1.165) is 54.9 Å². The molecule has 0 aliphatic carbocycles. The third-order valence-electron chi connectivity index (χ3n) is 8.27. The molecule has 6 rings (SSSR count). The van der Waals surface area contributed by atoms with Crippen molar-refractivity contribution < 1.29 is 51.7 Å². The van der Waals surface area contributed by atoms with Gasteiger partial charge in [0.25, 0.3) is 0 Å². The molecule has 55 heavy (non-hydrogen) atoms. The van der Waals surface area contributed by atoms with Crippen molar-refractivity contribution in [3.63, 3.8) is 0 Å². The number of aryl methyl sites for hydroxylation is 2. The van der Waals surface area contributed by atoms with Crippen molar-refractivity contribution in [1.29, 1.82) is 0 Å². The van der Waals surface area contributed by atoms with Gasteiger partial charge in [0.15, 0.2) is 11.6 Å². The van der Waals surface area contributed by atoms with Crippen LogP contribution >= 0.6 is 0 Å². The number of carbonyl (C=O) groups is 2. The Morgan fingerprint density at radius 3 is 1.40 bits per heavy atom. The first-order valence-electron chi connectivity index (χ1n) is 18.0. The largest absolute Gasteiger partial charge is 4.00 e. The molecule has 0 heterocycles. The Hall–Kier alpha value is -5.11. The number of benzene rings is 6. The number of fused-ring (bicyclic) bond motifs is 2. The molecule has 7 heteroatoms. The van der Waals surface area contributed by atoms with E-state index in [2.05, 4.69) is 0 Å². The molecule has 0 aromatic heterocycles. The summed E-state index contributed by atoms with van der Waals surface area (Å²) in [4.78, 5) is 26.3. The molecule has 0 atom stereocenters. The Morgan fingerprint density at radius 1 is 0.545 bits per heavy atom. The predicted molar refractivity (Wildman–Crippen MR) is 212 cm³/mol. The Kier molecular flexibility index (Phi) is 17.0. The van der Waals surface area contributed by atoms with Crippen LogP contribution in [-0.4, -0.2) is 23.8 Å². The van der Waals surface area contributed by atoms with Crippen molar-refractivity contribution >= 4 is 38.9 Å². The molecule has 0 amide bonds. The Labute approximate surface area is 339 Å². The average Bonchev–Trinajstić information content (AvgIpc) is 3.12. The van der Waals surface area contributed by atoms with Gasteiger partial charge in [0.2, 0.25) is 0 Å². The maximum Gasteiger partial charge on any atom is 4.00 e. The van der Waals surface area contributed by atoms with E-state index in [1.807, 2.05) is 111 Å². The molecular weight excluding hydrogens is 720 g/mol. The summed E-state index contributed by atoms with van der Waals surface area (Å²) in [5, 5.41) is 49.2. The van der Waals surface area contributed by atoms with Gasteiger partial charge < -0.3 is 20.4 Å². The molecule has 6 aromatic rings. The van der Waals surface area contributed by atoms with Crippen LogP contribution in [0.4, 0.5) is 0 Å². The van der Waals surface area contributed by atoms with Crippen LogP contribution < -0.4 is 20.4 Å². The van der Waals surface area contributed by atoms with Crippen LogP contribution in [0.25, 0.3) is 38.4 Å². The molecule has 0 bridgehead atoms. The second-order valence-electron chi connectivity index (χ2n) is 13.8. The van der Waals surface area contributed by atoms with E-state index in [1.54, 1.807) is 52.0 Å². The Bertz CT molecular complexity index is 2250. The van der Waals surface area contributed by atoms with Crippen molar-refractivity contribution in [3.8, 4) is 11.1 Å². The summed E-state index contributed by atoms with van der Waals surface area (Å²) in [5.41, 5.74) is 6.17. The molecule has 0 aliphatic heterocycles. The van der Waals surface area contributed by atoms with Crippen molar-refractivity contribution in [2.75, 3.05) is 0 Å². The van der Waals surface area contributed by atoms with Crippen LogP contribution in [0.1, 0.15) is 65.9 Å². The van der Waals surface area contributed by atoms with E-state index in [-0.39, 0.29) is 57.6 Å². The zero-order valence-corrected chi connectivity index (χ0v) is 33.8. The van der Waals surface area contributed by atoms with Gasteiger partial charge in [-0.3, -0.25) is 9.59 Å². The third kappa shape index (κ3) is 13.0. The van der Waals surface area contributed by atoms with E-state index in [0.29, 0.717) is 11.1 Å². The van der Waals surface area contributed by atoms with E-state index in [4.69, 9.17) is 0 Å². The number of rotatable bonds is 9. The monoisotopic (exact) mass is 766 g/mol. The molecule has 0 saturated carbocycles. The van der Waals surface area contributed by atoms with E-state index < -0.39 is 12.2 Å². The number of ketones is 2. The smallest absolute Gasteiger partial charge is 0.875 e. The van der Waals surface area contributed by atoms with Crippen LogP contribution in [0, 0.1) is 13.8 Å². The Balaban J connectivity index is 0.000000824. The molecule has 0 saturated heterocycles. The normalized spacial score (nSPS) is 11.4. The Morgan fingerprint density at radius 2 is 0.945 bits per heavy atom. The van der Waals surface area contributed by atoms with Crippen molar-refractivity contribution in [3.05, 3.63) is 173 Å². The fourth-order valence-electron chi connectivity index (χ4n) is 5.89. The van der Waals surface area contributed by atoms with Crippen molar-refractivity contribution in [2.45, 2.75) is 66.6 Å². The maximum absolute atomic E-state index is 13.4. The first-order valence-corrected chi connectivity index (χ1v) is 18.0. The maximum atomic E-state index is 13.4. The van der Waals surface area contributed by atoms with Gasteiger partial charge in [-0.15, -0.1) is 18.0 Å². The second-order valence-corrected chi connectivity index (χ2v) is 13.8. The zero-order valence-electron chi connectivity index (χ0n) is 32.2. The topological polar surface area (TPSA) is 126 Å². The van der Waals surface area contributed by atoms with Gasteiger partial charge in [-0.2, -0.15) is 0 Å². The molecule has 0 spiro atoms. The number of hydrogen-bond acceptors (Lipinski definition) is 6. The summed E-state index contributed by atoms with van der Waals surface area (Å²) in [7, 11) is 0. The fraction of sp³-hybridized carbons (Fsp3) is 0.208. The van der Waals surface area contributed by atoms with Crippen molar-refractivity contribution in [2.24, 2.45) is 0 Å². The minimum atomic E-state index is -0.417. The number of allylic oxidation sites excluding steroid dienone is 3. The molecule has 0 unspecified atom stereocenters.